The Morgan fingerprint density at radius 2 is 2.21 bits per heavy atom. The zero-order valence-corrected chi connectivity index (χ0v) is 14.1. The second kappa shape index (κ2) is 6.36. The molecule has 0 bridgehead atoms. The van der Waals surface area contributed by atoms with Crippen LogP contribution in [-0.2, 0) is 11.3 Å². The van der Waals surface area contributed by atoms with Crippen LogP contribution in [0.25, 0.3) is 0 Å². The normalized spacial score (nSPS) is 13.4. The molecule has 0 unspecified atom stereocenters. The first-order valence-electron chi connectivity index (χ1n) is 8.00. The molecular formula is C18H20N4O2. The highest BCUT2D eigenvalue weighted by Crippen LogP contribution is 2.46. The summed E-state index contributed by atoms with van der Waals surface area (Å²) in [6, 6.07) is 7.55. The molecule has 6 heteroatoms. The fourth-order valence-electron chi connectivity index (χ4n) is 2.74. The van der Waals surface area contributed by atoms with Crippen molar-refractivity contribution in [1.82, 2.24) is 15.1 Å². The van der Waals surface area contributed by atoms with Crippen molar-refractivity contribution in [2.45, 2.75) is 39.2 Å². The van der Waals surface area contributed by atoms with Crippen molar-refractivity contribution in [2.75, 3.05) is 7.05 Å². The summed E-state index contributed by atoms with van der Waals surface area (Å²) < 4.78 is 7.84. The van der Waals surface area contributed by atoms with Crippen molar-refractivity contribution in [3.63, 3.8) is 0 Å². The van der Waals surface area contributed by atoms with Gasteiger partial charge in [0, 0.05) is 13.0 Å². The highest BCUT2D eigenvalue weighted by Gasteiger charge is 2.33. The largest absolute Gasteiger partial charge is 0.453 e. The van der Waals surface area contributed by atoms with E-state index in [2.05, 4.69) is 16.5 Å². The number of nitriles is 1. The molecule has 1 saturated carbocycles. The summed E-state index contributed by atoms with van der Waals surface area (Å²) >= 11 is 0. The lowest BCUT2D eigenvalue weighted by Gasteiger charge is -2.10. The SMILES string of the molecule is CNC(=O)Cn1nc(C)c(Oc2ccc(C#N)c(C)c2)c1C1CC1. The van der Waals surface area contributed by atoms with Gasteiger partial charge < -0.3 is 10.1 Å². The number of hydrogen-bond donors (Lipinski definition) is 1. The van der Waals surface area contributed by atoms with Crippen LogP contribution in [0.2, 0.25) is 0 Å². The van der Waals surface area contributed by atoms with Gasteiger partial charge in [0.25, 0.3) is 0 Å². The lowest BCUT2D eigenvalue weighted by molar-refractivity contribution is -0.121. The average Bonchev–Trinajstić information content (AvgIpc) is 3.34. The average molecular weight is 324 g/mol. The number of nitrogens with zero attached hydrogens (tertiary/aromatic N) is 3. The zero-order chi connectivity index (χ0) is 17.3. The quantitative estimate of drug-likeness (QED) is 0.917. The van der Waals surface area contributed by atoms with Gasteiger partial charge >= 0.3 is 0 Å². The first-order chi connectivity index (χ1) is 11.5. The van der Waals surface area contributed by atoms with Gasteiger partial charge in [-0.3, -0.25) is 9.48 Å². The van der Waals surface area contributed by atoms with E-state index in [1.807, 2.05) is 19.9 Å². The molecule has 0 spiro atoms. The Balaban J connectivity index is 1.94. The van der Waals surface area contributed by atoms with E-state index in [9.17, 15) is 4.79 Å². The van der Waals surface area contributed by atoms with E-state index in [1.54, 1.807) is 23.9 Å². The summed E-state index contributed by atoms with van der Waals surface area (Å²) in [6.45, 7) is 3.96. The van der Waals surface area contributed by atoms with Crippen LogP contribution in [0.1, 0.15) is 41.3 Å². The molecule has 1 aromatic heterocycles. The van der Waals surface area contributed by atoms with E-state index in [1.165, 1.54) is 0 Å². The summed E-state index contributed by atoms with van der Waals surface area (Å²) in [7, 11) is 1.62. The highest BCUT2D eigenvalue weighted by molar-refractivity contribution is 5.75. The number of likely N-dealkylation sites (N-methyl/N-ethyl adjacent to an activating group) is 1. The summed E-state index contributed by atoms with van der Waals surface area (Å²) in [5.41, 5.74) is 3.26. The Kier molecular flexibility index (Phi) is 4.26. The minimum absolute atomic E-state index is 0.0832. The zero-order valence-electron chi connectivity index (χ0n) is 14.1. The topological polar surface area (TPSA) is 79.9 Å². The maximum absolute atomic E-state index is 11.7. The number of aromatic nitrogens is 2. The van der Waals surface area contributed by atoms with Crippen molar-refractivity contribution in [3.8, 4) is 17.6 Å². The fourth-order valence-corrected chi connectivity index (χ4v) is 2.74. The third-order valence-electron chi connectivity index (χ3n) is 4.18. The molecule has 1 heterocycles. The second-order valence-electron chi connectivity index (χ2n) is 6.10. The number of amides is 1. The first kappa shape index (κ1) is 16.1. The number of nitrogens with one attached hydrogen (secondary N) is 1. The number of rotatable bonds is 5. The van der Waals surface area contributed by atoms with Crippen molar-refractivity contribution in [2.24, 2.45) is 0 Å². The van der Waals surface area contributed by atoms with Gasteiger partial charge in [0.2, 0.25) is 5.91 Å². The molecule has 24 heavy (non-hydrogen) atoms. The number of ether oxygens (including phenoxy) is 1. The van der Waals surface area contributed by atoms with Crippen molar-refractivity contribution >= 4 is 5.91 Å². The van der Waals surface area contributed by atoms with Crippen LogP contribution in [0.4, 0.5) is 0 Å². The maximum Gasteiger partial charge on any atom is 0.241 e. The lowest BCUT2D eigenvalue weighted by Crippen LogP contribution is -2.25. The molecule has 2 aromatic rings. The Hall–Kier alpha value is -2.81. The van der Waals surface area contributed by atoms with E-state index in [4.69, 9.17) is 10.00 Å². The molecule has 1 N–H and O–H groups in total. The molecule has 0 aliphatic heterocycles. The van der Waals surface area contributed by atoms with Crippen molar-refractivity contribution in [1.29, 1.82) is 5.26 Å². The summed E-state index contributed by atoms with van der Waals surface area (Å²) in [5.74, 6) is 1.71. The molecule has 0 radical (unpaired) electrons. The van der Waals surface area contributed by atoms with Gasteiger partial charge in [-0.1, -0.05) is 0 Å². The van der Waals surface area contributed by atoms with Crippen molar-refractivity contribution < 1.29 is 9.53 Å². The molecule has 0 atom stereocenters. The first-order valence-corrected chi connectivity index (χ1v) is 8.00. The Bertz CT molecular complexity index is 828. The third kappa shape index (κ3) is 3.11. The van der Waals surface area contributed by atoms with Crippen LogP contribution in [0.15, 0.2) is 18.2 Å². The van der Waals surface area contributed by atoms with E-state index < -0.39 is 0 Å². The predicted molar refractivity (Wildman–Crippen MR) is 89.0 cm³/mol. The molecule has 3 rings (SSSR count). The van der Waals surface area contributed by atoms with Gasteiger partial charge in [-0.2, -0.15) is 10.4 Å². The third-order valence-corrected chi connectivity index (χ3v) is 4.18. The van der Waals surface area contributed by atoms with Crippen LogP contribution in [-0.4, -0.2) is 22.7 Å². The fraction of sp³-hybridized carbons (Fsp3) is 0.389. The number of benzene rings is 1. The van der Waals surface area contributed by atoms with Gasteiger partial charge in [0.05, 0.1) is 17.3 Å². The minimum Gasteiger partial charge on any atom is -0.453 e. The number of aryl methyl sites for hydroxylation is 2. The van der Waals surface area contributed by atoms with E-state index in [0.29, 0.717) is 17.2 Å². The maximum atomic E-state index is 11.7. The van der Waals surface area contributed by atoms with Gasteiger partial charge in [0.15, 0.2) is 5.75 Å². The van der Waals surface area contributed by atoms with Crippen LogP contribution in [0.3, 0.4) is 0 Å². The van der Waals surface area contributed by atoms with Gasteiger partial charge in [-0.25, -0.2) is 0 Å². The van der Waals surface area contributed by atoms with Crippen LogP contribution in [0.5, 0.6) is 11.5 Å². The van der Waals surface area contributed by atoms with E-state index in [-0.39, 0.29) is 12.5 Å². The van der Waals surface area contributed by atoms with E-state index >= 15 is 0 Å². The molecule has 124 valence electrons. The van der Waals surface area contributed by atoms with Gasteiger partial charge in [-0.05, 0) is 50.5 Å². The summed E-state index contributed by atoms with van der Waals surface area (Å²) in [4.78, 5) is 11.7. The van der Waals surface area contributed by atoms with Crippen LogP contribution < -0.4 is 10.1 Å². The summed E-state index contributed by atoms with van der Waals surface area (Å²) in [6.07, 6.45) is 2.17. The second-order valence-corrected chi connectivity index (χ2v) is 6.10. The summed E-state index contributed by atoms with van der Waals surface area (Å²) in [5, 5.41) is 16.2. The van der Waals surface area contributed by atoms with Gasteiger partial charge in [0.1, 0.15) is 18.0 Å². The molecule has 0 saturated heterocycles. The lowest BCUT2D eigenvalue weighted by atomic mass is 10.1. The van der Waals surface area contributed by atoms with Crippen molar-refractivity contribution in [3.05, 3.63) is 40.7 Å². The molecule has 1 fully saturated rings. The molecule has 1 aromatic carbocycles. The Morgan fingerprint density at radius 3 is 2.79 bits per heavy atom. The molecule has 1 aliphatic carbocycles. The number of carbonyl (C=O) groups is 1. The smallest absolute Gasteiger partial charge is 0.241 e. The van der Waals surface area contributed by atoms with E-state index in [0.717, 1.165) is 35.5 Å². The molecule has 6 nitrogen and oxygen atoms in total. The molecular weight excluding hydrogens is 304 g/mol. The Labute approximate surface area is 141 Å². The van der Waals surface area contributed by atoms with Gasteiger partial charge in [-0.15, -0.1) is 0 Å². The molecule has 1 amide bonds. The monoisotopic (exact) mass is 324 g/mol. The predicted octanol–water partition coefficient (Wildman–Crippen LogP) is 2.79. The number of carbonyl (C=O) groups excluding carboxylic acids is 1. The highest BCUT2D eigenvalue weighted by atomic mass is 16.5. The Morgan fingerprint density at radius 1 is 1.46 bits per heavy atom. The number of hydrogen-bond acceptors (Lipinski definition) is 4. The molecule has 1 aliphatic rings. The standard InChI is InChI=1S/C18H20N4O2/c1-11-8-15(7-6-14(11)9-19)24-18-12(2)21-22(10-16(23)20-3)17(18)13-4-5-13/h6-8,13H,4-5,10H2,1-3H3,(H,20,23). The van der Waals surface area contributed by atoms with Crippen LogP contribution in [0, 0.1) is 25.2 Å². The minimum atomic E-state index is -0.0832. The van der Waals surface area contributed by atoms with Crippen LogP contribution >= 0.6 is 0 Å².